The summed E-state index contributed by atoms with van der Waals surface area (Å²) in [5.41, 5.74) is 2.27. The number of nitrogens with zero attached hydrogens (tertiary/aromatic N) is 3. The molecular formula is C23H32N4O3. The Morgan fingerprint density at radius 1 is 1.00 bits per heavy atom. The highest BCUT2D eigenvalue weighted by atomic mass is 16.5. The monoisotopic (exact) mass is 412 g/mol. The molecule has 0 aromatic heterocycles. The van der Waals surface area contributed by atoms with Crippen LogP contribution in [0.4, 0.5) is 0 Å². The lowest BCUT2D eigenvalue weighted by Gasteiger charge is -2.36. The molecular weight excluding hydrogens is 380 g/mol. The number of phenolic OH excluding ortho intramolecular Hbond substituents is 1. The van der Waals surface area contributed by atoms with Crippen molar-refractivity contribution in [3.8, 4) is 17.2 Å². The average molecular weight is 413 g/mol. The minimum absolute atomic E-state index is 0.00849. The molecule has 0 radical (unpaired) electrons. The Morgan fingerprint density at radius 2 is 1.63 bits per heavy atom. The van der Waals surface area contributed by atoms with Crippen molar-refractivity contribution in [2.24, 2.45) is 4.99 Å². The van der Waals surface area contributed by atoms with Crippen LogP contribution in [0.15, 0.2) is 47.5 Å². The van der Waals surface area contributed by atoms with Crippen LogP contribution in [0, 0.1) is 0 Å². The number of aliphatic imine (C=N–C) groups is 1. The quantitative estimate of drug-likeness (QED) is 0.538. The molecule has 30 heavy (non-hydrogen) atoms. The summed E-state index contributed by atoms with van der Waals surface area (Å²) in [5, 5.41) is 13.5. The zero-order chi connectivity index (χ0) is 21.3. The fraction of sp³-hybridized carbons (Fsp3) is 0.435. The maximum absolute atomic E-state index is 10.1. The summed E-state index contributed by atoms with van der Waals surface area (Å²) >= 11 is 0. The van der Waals surface area contributed by atoms with Gasteiger partial charge in [-0.3, -0.25) is 4.90 Å². The van der Waals surface area contributed by atoms with Gasteiger partial charge in [0, 0.05) is 39.3 Å². The van der Waals surface area contributed by atoms with Gasteiger partial charge in [0.2, 0.25) is 5.75 Å². The molecule has 3 rings (SSSR count). The SMILES string of the molecule is CCNC(=NCc1cc(OC)c(O)c(OC)c1)N1CCN(Cc2ccccc2)CC1. The number of piperazine rings is 1. The van der Waals surface area contributed by atoms with Crippen molar-refractivity contribution in [3.05, 3.63) is 53.6 Å². The predicted molar refractivity (Wildman–Crippen MR) is 119 cm³/mol. The third kappa shape index (κ3) is 5.57. The maximum atomic E-state index is 10.1. The van der Waals surface area contributed by atoms with Crippen LogP contribution in [0.2, 0.25) is 0 Å². The van der Waals surface area contributed by atoms with E-state index in [2.05, 4.69) is 52.4 Å². The second-order valence-corrected chi connectivity index (χ2v) is 7.27. The first kappa shape index (κ1) is 21.8. The molecule has 2 N–H and O–H groups in total. The summed E-state index contributed by atoms with van der Waals surface area (Å²) in [5.74, 6) is 1.69. The molecule has 0 spiro atoms. The van der Waals surface area contributed by atoms with Crippen LogP contribution in [0.25, 0.3) is 0 Å². The molecule has 0 amide bonds. The van der Waals surface area contributed by atoms with Crippen molar-refractivity contribution in [1.82, 2.24) is 15.1 Å². The van der Waals surface area contributed by atoms with Crippen molar-refractivity contribution in [2.45, 2.75) is 20.0 Å². The first-order valence-corrected chi connectivity index (χ1v) is 10.4. The van der Waals surface area contributed by atoms with Crippen LogP contribution in [0.1, 0.15) is 18.1 Å². The molecule has 1 saturated heterocycles. The van der Waals surface area contributed by atoms with Gasteiger partial charge in [-0.1, -0.05) is 30.3 Å². The second kappa shape index (κ2) is 10.7. The van der Waals surface area contributed by atoms with Gasteiger partial charge < -0.3 is 24.8 Å². The zero-order valence-electron chi connectivity index (χ0n) is 18.1. The van der Waals surface area contributed by atoms with Gasteiger partial charge in [-0.05, 0) is 30.2 Å². The molecule has 162 valence electrons. The molecule has 1 heterocycles. The molecule has 2 aromatic carbocycles. The van der Waals surface area contributed by atoms with E-state index < -0.39 is 0 Å². The first-order chi connectivity index (χ1) is 14.6. The average Bonchev–Trinajstić information content (AvgIpc) is 2.78. The van der Waals surface area contributed by atoms with Crippen molar-refractivity contribution in [2.75, 3.05) is 46.9 Å². The van der Waals surface area contributed by atoms with E-state index in [1.54, 1.807) is 12.1 Å². The second-order valence-electron chi connectivity index (χ2n) is 7.27. The van der Waals surface area contributed by atoms with Crippen molar-refractivity contribution in [1.29, 1.82) is 0 Å². The predicted octanol–water partition coefficient (Wildman–Crippen LogP) is 2.69. The molecule has 1 fully saturated rings. The van der Waals surface area contributed by atoms with Gasteiger partial charge in [0.05, 0.1) is 20.8 Å². The smallest absolute Gasteiger partial charge is 0.200 e. The van der Waals surface area contributed by atoms with E-state index in [0.717, 1.165) is 50.8 Å². The van der Waals surface area contributed by atoms with E-state index in [0.29, 0.717) is 18.0 Å². The Hall–Kier alpha value is -2.93. The van der Waals surface area contributed by atoms with Gasteiger partial charge in [-0.25, -0.2) is 4.99 Å². The van der Waals surface area contributed by atoms with Crippen molar-refractivity contribution < 1.29 is 14.6 Å². The number of methoxy groups -OCH3 is 2. The molecule has 7 heteroatoms. The number of benzene rings is 2. The Kier molecular flexibility index (Phi) is 7.79. The number of hydrogen-bond donors (Lipinski definition) is 2. The molecule has 0 saturated carbocycles. The van der Waals surface area contributed by atoms with Crippen LogP contribution < -0.4 is 14.8 Å². The number of ether oxygens (including phenoxy) is 2. The van der Waals surface area contributed by atoms with Crippen LogP contribution in [0.5, 0.6) is 17.2 Å². The normalized spacial score (nSPS) is 15.2. The van der Waals surface area contributed by atoms with Gasteiger partial charge >= 0.3 is 0 Å². The molecule has 0 unspecified atom stereocenters. The number of nitrogens with one attached hydrogen (secondary N) is 1. The fourth-order valence-corrected chi connectivity index (χ4v) is 3.59. The third-order valence-electron chi connectivity index (χ3n) is 5.21. The van der Waals surface area contributed by atoms with Crippen LogP contribution in [0.3, 0.4) is 0 Å². The van der Waals surface area contributed by atoms with Crippen LogP contribution in [-0.2, 0) is 13.1 Å². The summed E-state index contributed by atoms with van der Waals surface area (Å²) in [6.45, 7) is 8.20. The highest BCUT2D eigenvalue weighted by molar-refractivity contribution is 5.80. The van der Waals surface area contributed by atoms with E-state index >= 15 is 0 Å². The lowest BCUT2D eigenvalue weighted by molar-refractivity contribution is 0.172. The van der Waals surface area contributed by atoms with Crippen LogP contribution in [-0.4, -0.2) is 67.8 Å². The number of hydrogen-bond acceptors (Lipinski definition) is 5. The minimum atomic E-state index is 0.00849. The molecule has 2 aromatic rings. The van der Waals surface area contributed by atoms with E-state index in [4.69, 9.17) is 14.5 Å². The van der Waals surface area contributed by atoms with Gasteiger partial charge in [0.15, 0.2) is 17.5 Å². The molecule has 0 atom stereocenters. The van der Waals surface area contributed by atoms with Gasteiger partial charge in [-0.2, -0.15) is 0 Å². The van der Waals surface area contributed by atoms with E-state index in [1.165, 1.54) is 19.8 Å². The molecule has 1 aliphatic heterocycles. The lowest BCUT2D eigenvalue weighted by atomic mass is 10.2. The van der Waals surface area contributed by atoms with E-state index in [1.807, 2.05) is 0 Å². The van der Waals surface area contributed by atoms with Crippen LogP contribution >= 0.6 is 0 Å². The van der Waals surface area contributed by atoms with Crippen molar-refractivity contribution >= 4 is 5.96 Å². The Balaban J connectivity index is 1.64. The summed E-state index contributed by atoms with van der Waals surface area (Å²) in [6, 6.07) is 14.2. The standard InChI is InChI=1S/C23H32N4O3/c1-4-24-23(25-16-19-14-20(29-2)22(28)21(15-19)30-3)27-12-10-26(11-13-27)17-18-8-6-5-7-9-18/h5-9,14-15,28H,4,10-13,16-17H2,1-3H3,(H,24,25). The lowest BCUT2D eigenvalue weighted by Crippen LogP contribution is -2.52. The topological polar surface area (TPSA) is 69.6 Å². The van der Waals surface area contributed by atoms with E-state index in [-0.39, 0.29) is 5.75 Å². The molecule has 0 bridgehead atoms. The number of phenols is 1. The fourth-order valence-electron chi connectivity index (χ4n) is 3.59. The van der Waals surface area contributed by atoms with Gasteiger partial charge in [-0.15, -0.1) is 0 Å². The highest BCUT2D eigenvalue weighted by Crippen LogP contribution is 2.37. The number of aromatic hydroxyl groups is 1. The zero-order valence-corrected chi connectivity index (χ0v) is 18.1. The van der Waals surface area contributed by atoms with Gasteiger partial charge in [0.25, 0.3) is 0 Å². The maximum Gasteiger partial charge on any atom is 0.200 e. The Bertz CT molecular complexity index is 809. The largest absolute Gasteiger partial charge is 0.502 e. The molecule has 7 nitrogen and oxygen atoms in total. The number of rotatable bonds is 7. The summed E-state index contributed by atoms with van der Waals surface area (Å²) in [7, 11) is 3.06. The Labute approximate surface area is 178 Å². The third-order valence-corrected chi connectivity index (χ3v) is 5.21. The summed E-state index contributed by atoms with van der Waals surface area (Å²) in [4.78, 5) is 9.60. The minimum Gasteiger partial charge on any atom is -0.502 e. The first-order valence-electron chi connectivity index (χ1n) is 10.4. The Morgan fingerprint density at radius 3 is 2.20 bits per heavy atom. The summed E-state index contributed by atoms with van der Waals surface area (Å²) in [6.07, 6.45) is 0. The van der Waals surface area contributed by atoms with Gasteiger partial charge in [0.1, 0.15) is 0 Å². The van der Waals surface area contributed by atoms with E-state index in [9.17, 15) is 5.11 Å². The van der Waals surface area contributed by atoms with Crippen molar-refractivity contribution in [3.63, 3.8) is 0 Å². The highest BCUT2D eigenvalue weighted by Gasteiger charge is 2.20. The molecule has 0 aliphatic carbocycles. The molecule has 1 aliphatic rings. The number of guanidine groups is 1. The summed E-state index contributed by atoms with van der Waals surface area (Å²) < 4.78 is 10.5.